The fraction of sp³-hybridized carbons (Fsp3) is 0.167. The largest absolute Gasteiger partial charge is 0.441 e. The molecule has 1 N–H and O–H groups in total. The SMILES string of the molecule is Cc1nnn(-c2ccccc2)c1NC(=O)OC(C)c1ccccc1. The summed E-state index contributed by atoms with van der Waals surface area (Å²) in [4.78, 5) is 12.2. The number of nitrogens with zero attached hydrogens (tertiary/aromatic N) is 3. The van der Waals surface area contributed by atoms with Gasteiger partial charge >= 0.3 is 6.09 Å². The molecule has 2 aromatic carbocycles. The van der Waals surface area contributed by atoms with E-state index in [1.165, 1.54) is 0 Å². The van der Waals surface area contributed by atoms with Gasteiger partial charge in [-0.1, -0.05) is 53.7 Å². The summed E-state index contributed by atoms with van der Waals surface area (Å²) in [6.07, 6.45) is -0.901. The van der Waals surface area contributed by atoms with Gasteiger partial charge in [-0.25, -0.2) is 4.79 Å². The van der Waals surface area contributed by atoms with Crippen LogP contribution < -0.4 is 5.32 Å². The maximum absolute atomic E-state index is 12.2. The molecule has 3 rings (SSSR count). The minimum absolute atomic E-state index is 0.354. The molecule has 0 aliphatic carbocycles. The number of aryl methyl sites for hydroxylation is 1. The first-order valence-electron chi connectivity index (χ1n) is 7.65. The Hall–Kier alpha value is -3.15. The van der Waals surface area contributed by atoms with E-state index in [2.05, 4.69) is 15.6 Å². The van der Waals surface area contributed by atoms with Gasteiger partial charge in [-0.05, 0) is 31.5 Å². The molecule has 6 nitrogen and oxygen atoms in total. The summed E-state index contributed by atoms with van der Waals surface area (Å²) in [5.41, 5.74) is 2.35. The van der Waals surface area contributed by atoms with Crippen LogP contribution in [0.25, 0.3) is 5.69 Å². The van der Waals surface area contributed by atoms with Gasteiger partial charge in [0.2, 0.25) is 0 Å². The predicted molar refractivity (Wildman–Crippen MR) is 91.1 cm³/mol. The van der Waals surface area contributed by atoms with Crippen molar-refractivity contribution < 1.29 is 9.53 Å². The highest BCUT2D eigenvalue weighted by Crippen LogP contribution is 2.20. The summed E-state index contributed by atoms with van der Waals surface area (Å²) in [6, 6.07) is 19.0. The standard InChI is InChI=1S/C18H18N4O2/c1-13-17(22(21-20-13)16-11-7-4-8-12-16)19-18(23)24-14(2)15-9-5-3-6-10-15/h3-12,14H,1-2H3,(H,19,23). The third-order valence-electron chi connectivity index (χ3n) is 3.61. The summed E-state index contributed by atoms with van der Waals surface area (Å²) in [5.74, 6) is 0.492. The Kier molecular flexibility index (Phi) is 4.56. The predicted octanol–water partition coefficient (Wildman–Crippen LogP) is 3.89. The third-order valence-corrected chi connectivity index (χ3v) is 3.61. The van der Waals surface area contributed by atoms with Crippen LogP contribution in [0.15, 0.2) is 60.7 Å². The molecule has 1 unspecified atom stereocenters. The zero-order valence-electron chi connectivity index (χ0n) is 13.5. The normalized spacial score (nSPS) is 11.8. The molecule has 3 aromatic rings. The third kappa shape index (κ3) is 3.43. The molecule has 0 saturated heterocycles. The van der Waals surface area contributed by atoms with Crippen molar-refractivity contribution >= 4 is 11.9 Å². The second-order valence-corrected chi connectivity index (χ2v) is 5.35. The second-order valence-electron chi connectivity index (χ2n) is 5.35. The van der Waals surface area contributed by atoms with Crippen LogP contribution in [-0.4, -0.2) is 21.1 Å². The molecule has 1 amide bonds. The maximum Gasteiger partial charge on any atom is 0.413 e. The lowest BCUT2D eigenvalue weighted by Gasteiger charge is -2.15. The highest BCUT2D eigenvalue weighted by Gasteiger charge is 2.17. The summed E-state index contributed by atoms with van der Waals surface area (Å²) in [6.45, 7) is 3.61. The van der Waals surface area contributed by atoms with E-state index in [1.807, 2.05) is 67.6 Å². The van der Waals surface area contributed by atoms with Crippen LogP contribution in [0.4, 0.5) is 10.6 Å². The molecule has 0 bridgehead atoms. The fourth-order valence-electron chi connectivity index (χ4n) is 2.33. The number of hydrogen-bond acceptors (Lipinski definition) is 4. The second kappa shape index (κ2) is 6.95. The van der Waals surface area contributed by atoms with Crippen LogP contribution in [0.3, 0.4) is 0 Å². The van der Waals surface area contributed by atoms with Gasteiger partial charge in [-0.15, -0.1) is 5.10 Å². The molecular weight excluding hydrogens is 304 g/mol. The van der Waals surface area contributed by atoms with E-state index in [0.717, 1.165) is 11.3 Å². The molecule has 6 heteroatoms. The van der Waals surface area contributed by atoms with Crippen molar-refractivity contribution in [2.24, 2.45) is 0 Å². The number of rotatable bonds is 4. The van der Waals surface area contributed by atoms with Crippen LogP contribution in [-0.2, 0) is 4.74 Å². The first-order valence-corrected chi connectivity index (χ1v) is 7.65. The van der Waals surface area contributed by atoms with E-state index < -0.39 is 6.09 Å². The van der Waals surface area contributed by atoms with Crippen LogP contribution >= 0.6 is 0 Å². The number of carbonyl (C=O) groups excluding carboxylic acids is 1. The number of amides is 1. The Morgan fingerprint density at radius 1 is 1.08 bits per heavy atom. The monoisotopic (exact) mass is 322 g/mol. The number of nitrogens with one attached hydrogen (secondary N) is 1. The number of ether oxygens (including phenoxy) is 1. The van der Waals surface area contributed by atoms with Crippen molar-refractivity contribution in [3.05, 3.63) is 71.9 Å². The Bertz CT molecular complexity index is 816. The molecule has 0 fully saturated rings. The molecule has 1 aromatic heterocycles. The van der Waals surface area contributed by atoms with Gasteiger partial charge in [0.15, 0.2) is 5.82 Å². The van der Waals surface area contributed by atoms with E-state index in [-0.39, 0.29) is 6.10 Å². The molecule has 0 spiro atoms. The van der Waals surface area contributed by atoms with Crippen LogP contribution in [0, 0.1) is 6.92 Å². The number of carbonyl (C=O) groups is 1. The first kappa shape index (κ1) is 15.7. The van der Waals surface area contributed by atoms with Crippen molar-refractivity contribution in [2.75, 3.05) is 5.32 Å². The lowest BCUT2D eigenvalue weighted by molar-refractivity contribution is 0.121. The van der Waals surface area contributed by atoms with Gasteiger partial charge in [-0.2, -0.15) is 4.68 Å². The highest BCUT2D eigenvalue weighted by atomic mass is 16.6. The maximum atomic E-state index is 12.2. The van der Waals surface area contributed by atoms with Gasteiger partial charge in [-0.3, -0.25) is 5.32 Å². The van der Waals surface area contributed by atoms with Crippen LogP contribution in [0.2, 0.25) is 0 Å². The number of benzene rings is 2. The zero-order chi connectivity index (χ0) is 16.9. The molecule has 24 heavy (non-hydrogen) atoms. The lowest BCUT2D eigenvalue weighted by atomic mass is 10.1. The summed E-state index contributed by atoms with van der Waals surface area (Å²) < 4.78 is 7.01. The fourth-order valence-corrected chi connectivity index (χ4v) is 2.33. The average molecular weight is 322 g/mol. The number of para-hydroxylation sites is 1. The first-order chi connectivity index (χ1) is 11.6. The van der Waals surface area contributed by atoms with Crippen molar-refractivity contribution in [1.82, 2.24) is 15.0 Å². The van der Waals surface area contributed by atoms with Gasteiger partial charge in [0.25, 0.3) is 0 Å². The Labute approximate surface area is 140 Å². The minimum atomic E-state index is -0.547. The van der Waals surface area contributed by atoms with Gasteiger partial charge < -0.3 is 4.74 Å². The highest BCUT2D eigenvalue weighted by molar-refractivity contribution is 5.84. The number of anilines is 1. The van der Waals surface area contributed by atoms with Crippen molar-refractivity contribution in [2.45, 2.75) is 20.0 Å². The molecule has 0 radical (unpaired) electrons. The van der Waals surface area contributed by atoms with E-state index in [0.29, 0.717) is 11.5 Å². The Morgan fingerprint density at radius 2 is 1.71 bits per heavy atom. The molecule has 1 atom stereocenters. The minimum Gasteiger partial charge on any atom is -0.441 e. The molecule has 1 heterocycles. The number of aromatic nitrogens is 3. The smallest absolute Gasteiger partial charge is 0.413 e. The van der Waals surface area contributed by atoms with E-state index in [1.54, 1.807) is 11.6 Å². The van der Waals surface area contributed by atoms with Crippen LogP contribution in [0.5, 0.6) is 0 Å². The number of hydrogen-bond donors (Lipinski definition) is 1. The van der Waals surface area contributed by atoms with E-state index >= 15 is 0 Å². The van der Waals surface area contributed by atoms with Crippen molar-refractivity contribution in [3.8, 4) is 5.69 Å². The quantitative estimate of drug-likeness (QED) is 0.791. The molecule has 0 aliphatic heterocycles. The van der Waals surface area contributed by atoms with Crippen molar-refractivity contribution in [3.63, 3.8) is 0 Å². The Balaban J connectivity index is 1.74. The van der Waals surface area contributed by atoms with E-state index in [9.17, 15) is 4.79 Å². The average Bonchev–Trinajstić information content (AvgIpc) is 2.97. The van der Waals surface area contributed by atoms with Gasteiger partial charge in [0, 0.05) is 0 Å². The summed E-state index contributed by atoms with van der Waals surface area (Å²) in [7, 11) is 0. The van der Waals surface area contributed by atoms with Gasteiger partial charge in [0.1, 0.15) is 11.8 Å². The van der Waals surface area contributed by atoms with E-state index in [4.69, 9.17) is 4.74 Å². The Morgan fingerprint density at radius 3 is 2.38 bits per heavy atom. The molecule has 122 valence electrons. The molecule has 0 aliphatic rings. The molecule has 0 saturated carbocycles. The van der Waals surface area contributed by atoms with Crippen molar-refractivity contribution in [1.29, 1.82) is 0 Å². The van der Waals surface area contributed by atoms with Crippen LogP contribution in [0.1, 0.15) is 24.3 Å². The van der Waals surface area contributed by atoms with Gasteiger partial charge in [0.05, 0.1) is 5.69 Å². The zero-order valence-corrected chi connectivity index (χ0v) is 13.5. The topological polar surface area (TPSA) is 69.0 Å². The summed E-state index contributed by atoms with van der Waals surface area (Å²) in [5, 5.41) is 10.8. The molecular formula is C18H18N4O2. The lowest BCUT2D eigenvalue weighted by Crippen LogP contribution is -2.18. The summed E-state index contributed by atoms with van der Waals surface area (Å²) >= 11 is 0.